The van der Waals surface area contributed by atoms with E-state index < -0.39 is 81.4 Å². The van der Waals surface area contributed by atoms with E-state index in [1.807, 2.05) is 0 Å². The zero-order valence-corrected chi connectivity index (χ0v) is 27.8. The highest BCUT2D eigenvalue weighted by Gasteiger charge is 2.52. The Morgan fingerprint density at radius 3 is 2.33 bits per heavy atom. The van der Waals surface area contributed by atoms with Gasteiger partial charge in [0, 0.05) is 0 Å². The van der Waals surface area contributed by atoms with Crippen LogP contribution in [0.3, 0.4) is 0 Å². The smallest absolute Gasteiger partial charge is 0.386 e. The fourth-order valence-corrected chi connectivity index (χ4v) is 8.63. The Kier molecular flexibility index (Phi) is 8.57. The molecule has 7 rings (SSSR count). The van der Waals surface area contributed by atoms with Crippen molar-refractivity contribution in [1.29, 1.82) is 0 Å². The normalized spacial score (nSPS) is 37.2. The SMILES string of the molecule is Nc1nc2c(ncn2[C@@H]2O[C@@H]3COP(O)(=S)OC4C(O)[C@@H](COP(=O)(S)OC2C3O)O[C@H]4n2cnc3cc(Cl)c(Cl)cc32)c(=O)[nH]1. The molecule has 6 unspecified atom stereocenters. The molecule has 0 radical (unpaired) electrons. The minimum Gasteiger partial charge on any atom is -0.387 e. The van der Waals surface area contributed by atoms with Gasteiger partial charge in [0.05, 0.1) is 46.9 Å². The maximum absolute atomic E-state index is 13.5. The van der Waals surface area contributed by atoms with E-state index in [4.69, 9.17) is 68.3 Å². The molecule has 1 aromatic carbocycles. The van der Waals surface area contributed by atoms with E-state index in [9.17, 15) is 24.5 Å². The molecule has 0 saturated carbocycles. The van der Waals surface area contributed by atoms with Gasteiger partial charge < -0.3 is 39.4 Å². The van der Waals surface area contributed by atoms with Gasteiger partial charge in [0.15, 0.2) is 23.6 Å². The molecule has 3 saturated heterocycles. The van der Waals surface area contributed by atoms with Crippen LogP contribution in [0.4, 0.5) is 5.95 Å². The Balaban J connectivity index is 1.22. The molecule has 248 valence electrons. The molecular weight excluding hydrogens is 735 g/mol. The minimum atomic E-state index is -4.36. The molecule has 6 heterocycles. The summed E-state index contributed by atoms with van der Waals surface area (Å²) in [5.74, 6) is -0.225. The number of thiol groups is 1. The Morgan fingerprint density at radius 1 is 1.00 bits per heavy atom. The number of ether oxygens (including phenoxy) is 2. The van der Waals surface area contributed by atoms with Crippen molar-refractivity contribution in [3.63, 3.8) is 0 Å². The molecule has 24 heteroatoms. The van der Waals surface area contributed by atoms with E-state index in [-0.39, 0.29) is 27.2 Å². The van der Waals surface area contributed by atoms with Crippen LogP contribution in [0.25, 0.3) is 22.2 Å². The van der Waals surface area contributed by atoms with Crippen molar-refractivity contribution >= 4 is 88.9 Å². The lowest BCUT2D eigenvalue weighted by atomic mass is 10.1. The number of aromatic amines is 1. The van der Waals surface area contributed by atoms with Gasteiger partial charge in [-0.25, -0.2) is 14.5 Å². The van der Waals surface area contributed by atoms with Crippen molar-refractivity contribution in [2.45, 2.75) is 49.1 Å². The summed E-state index contributed by atoms with van der Waals surface area (Å²) in [7, 11) is 0. The number of rotatable bonds is 2. The van der Waals surface area contributed by atoms with Crippen LogP contribution < -0.4 is 11.3 Å². The molecule has 3 fully saturated rings. The third-order valence-corrected chi connectivity index (χ3v) is 11.5. The number of nitrogens with one attached hydrogen (secondary N) is 1. The van der Waals surface area contributed by atoms with E-state index in [1.54, 1.807) is 0 Å². The van der Waals surface area contributed by atoms with Crippen molar-refractivity contribution < 1.29 is 47.2 Å². The van der Waals surface area contributed by atoms with Gasteiger partial charge in [-0.2, -0.15) is 4.98 Å². The first-order chi connectivity index (χ1) is 21.7. The van der Waals surface area contributed by atoms with E-state index >= 15 is 0 Å². The Labute approximate surface area is 277 Å². The number of fused-ring (bicyclic) bond motifs is 6. The highest BCUT2D eigenvalue weighted by atomic mass is 35.5. The number of benzene rings is 1. The van der Waals surface area contributed by atoms with Crippen LogP contribution >= 0.6 is 49.0 Å². The number of halogens is 2. The zero-order chi connectivity index (χ0) is 32.7. The predicted molar refractivity (Wildman–Crippen MR) is 167 cm³/mol. The van der Waals surface area contributed by atoms with Crippen LogP contribution in [-0.2, 0) is 43.9 Å². The predicted octanol–water partition coefficient (Wildman–Crippen LogP) is 1.65. The minimum absolute atomic E-state index is 0.0347. The lowest BCUT2D eigenvalue weighted by Crippen LogP contribution is -2.37. The van der Waals surface area contributed by atoms with Gasteiger partial charge in [-0.3, -0.25) is 27.9 Å². The number of anilines is 1. The van der Waals surface area contributed by atoms with Crippen LogP contribution in [0.2, 0.25) is 10.0 Å². The Hall–Kier alpha value is -1.71. The average Bonchev–Trinajstić information content (AvgIpc) is 3.72. The third kappa shape index (κ3) is 5.93. The summed E-state index contributed by atoms with van der Waals surface area (Å²) in [4.78, 5) is 38.2. The van der Waals surface area contributed by atoms with Gasteiger partial charge in [0.1, 0.15) is 36.6 Å². The highest BCUT2D eigenvalue weighted by molar-refractivity contribution is 8.44. The number of hydrogen-bond donors (Lipinski definition) is 6. The maximum Gasteiger partial charge on any atom is 0.386 e. The number of nitrogens with two attached hydrogens (primary N) is 1. The van der Waals surface area contributed by atoms with Gasteiger partial charge in [0.2, 0.25) is 5.95 Å². The number of aliphatic hydroxyl groups is 2. The summed E-state index contributed by atoms with van der Waals surface area (Å²) in [5, 5.41) is 22.9. The summed E-state index contributed by atoms with van der Waals surface area (Å²) < 4.78 is 50.8. The lowest BCUT2D eigenvalue weighted by molar-refractivity contribution is -0.0599. The van der Waals surface area contributed by atoms with Gasteiger partial charge in [-0.15, -0.1) is 0 Å². The Morgan fingerprint density at radius 2 is 1.61 bits per heavy atom. The molecule has 0 aliphatic carbocycles. The summed E-state index contributed by atoms with van der Waals surface area (Å²) in [6.07, 6.45) is -8.40. The van der Waals surface area contributed by atoms with Crippen LogP contribution in [0.5, 0.6) is 0 Å². The van der Waals surface area contributed by atoms with Crippen LogP contribution in [-0.4, -0.2) is 94.0 Å². The van der Waals surface area contributed by atoms with E-state index in [1.165, 1.54) is 33.9 Å². The molecule has 3 aliphatic rings. The van der Waals surface area contributed by atoms with Crippen molar-refractivity contribution in [1.82, 2.24) is 29.1 Å². The molecular formula is C22H23Cl2N7O11P2S2. The van der Waals surface area contributed by atoms with Gasteiger partial charge in [0.25, 0.3) is 5.56 Å². The Bertz CT molecular complexity index is 2000. The van der Waals surface area contributed by atoms with Crippen LogP contribution in [0, 0.1) is 0 Å². The summed E-state index contributed by atoms with van der Waals surface area (Å²) in [6.45, 7) is -9.69. The quantitative estimate of drug-likeness (QED) is 0.126. The number of aromatic nitrogens is 6. The van der Waals surface area contributed by atoms with E-state index in [0.717, 1.165) is 0 Å². The molecule has 46 heavy (non-hydrogen) atoms. The molecule has 0 amide bonds. The first-order valence-electron chi connectivity index (χ1n) is 13.2. The standard InChI is InChI=1S/C22H23Cl2N7O11P2S2/c23-7-1-9-10(2-8(7)24)30(5-26-9)20-16-14(32)11(39-20)3-37-44(36,46)42-17-15(33)12(4-38-43(35,45)41-16)40-21(17)31-6-27-13-18(31)28-22(25)29-19(13)34/h1-2,5-6,11-12,14-17,20-21,32-33H,3-4H2,(H,35,45)(H,36,46)(H3,25,28,29,34)/t11-,12-,14?,15?,16?,17?,20-,21-,43?,44?/m1/s1. The molecule has 4 aromatic rings. The van der Waals surface area contributed by atoms with E-state index in [0.29, 0.717) is 11.0 Å². The summed E-state index contributed by atoms with van der Waals surface area (Å²) in [5.41, 5.74) is 5.82. The molecule has 3 aromatic heterocycles. The molecule has 10 atom stereocenters. The van der Waals surface area contributed by atoms with E-state index in [2.05, 4.69) is 32.2 Å². The topological polar surface area (TPSA) is 241 Å². The van der Waals surface area contributed by atoms with Crippen LogP contribution in [0.1, 0.15) is 12.5 Å². The molecule has 0 spiro atoms. The fraction of sp³-hybridized carbons (Fsp3) is 0.455. The zero-order valence-electron chi connectivity index (χ0n) is 22.8. The van der Waals surface area contributed by atoms with Crippen molar-refractivity contribution in [3.8, 4) is 0 Å². The number of nitrogen functional groups attached to an aromatic ring is 1. The molecule has 18 nitrogen and oxygen atoms in total. The molecule has 6 N–H and O–H groups in total. The van der Waals surface area contributed by atoms with Gasteiger partial charge in [-0.05, 0) is 23.9 Å². The number of hydrogen-bond acceptors (Lipinski definition) is 15. The highest BCUT2D eigenvalue weighted by Crippen LogP contribution is 2.58. The van der Waals surface area contributed by atoms with Crippen molar-refractivity contribution in [2.75, 3.05) is 18.9 Å². The van der Waals surface area contributed by atoms with Crippen molar-refractivity contribution in [2.24, 2.45) is 0 Å². The third-order valence-electron chi connectivity index (χ3n) is 7.56. The number of H-pyrrole nitrogens is 1. The van der Waals surface area contributed by atoms with Crippen LogP contribution in [0.15, 0.2) is 29.6 Å². The largest absolute Gasteiger partial charge is 0.387 e. The average molecular weight is 758 g/mol. The molecule has 3 aliphatic heterocycles. The first kappa shape index (κ1) is 32.8. The second kappa shape index (κ2) is 12.0. The monoisotopic (exact) mass is 757 g/mol. The van der Waals surface area contributed by atoms with Gasteiger partial charge >= 0.3 is 13.5 Å². The number of imidazole rings is 2. The summed E-state index contributed by atoms with van der Waals surface area (Å²) >= 11 is 21.7. The maximum atomic E-state index is 13.5. The number of nitrogens with zero attached hydrogens (tertiary/aromatic N) is 5. The molecule has 4 bridgehead atoms. The summed E-state index contributed by atoms with van der Waals surface area (Å²) in [6, 6.07) is 3.06. The second-order valence-electron chi connectivity index (χ2n) is 10.5. The fourth-order valence-electron chi connectivity index (χ4n) is 5.45. The van der Waals surface area contributed by atoms with Gasteiger partial charge in [-0.1, -0.05) is 35.5 Å². The lowest BCUT2D eigenvalue weighted by Gasteiger charge is -2.27. The number of aliphatic hydroxyl groups excluding tert-OH is 2. The first-order valence-corrected chi connectivity index (χ1v) is 19.3. The van der Waals surface area contributed by atoms with Crippen molar-refractivity contribution in [3.05, 3.63) is 45.2 Å². The second-order valence-corrected chi connectivity index (χ2v) is 16.9.